The molecule has 15 heavy (non-hydrogen) atoms. The third-order valence-electron chi connectivity index (χ3n) is 2.53. The first kappa shape index (κ1) is 11.8. The minimum atomic E-state index is -0.227. The molecule has 0 aromatic carbocycles. The first-order valence-corrected chi connectivity index (χ1v) is 5.31. The molecule has 1 aliphatic rings. The second-order valence-electron chi connectivity index (χ2n) is 3.54. The van der Waals surface area contributed by atoms with Crippen molar-refractivity contribution in [1.29, 1.82) is 0 Å². The van der Waals surface area contributed by atoms with Crippen LogP contribution in [0, 0.1) is 5.92 Å². The fourth-order valence-corrected chi connectivity index (χ4v) is 1.69. The lowest BCUT2D eigenvalue weighted by Gasteiger charge is -2.29. The number of likely N-dealkylation sites (tertiary alicyclic amines) is 1. The number of aldehydes is 1. The van der Waals surface area contributed by atoms with Gasteiger partial charge in [-0.3, -0.25) is 4.79 Å². The van der Waals surface area contributed by atoms with E-state index in [2.05, 4.69) is 0 Å². The molecule has 0 saturated carbocycles. The van der Waals surface area contributed by atoms with Crippen LogP contribution < -0.4 is 0 Å². The Balaban J connectivity index is 2.32. The maximum atomic E-state index is 11.3. The lowest BCUT2D eigenvalue weighted by atomic mass is 9.97. The molecule has 84 valence electrons. The Bertz CT molecular complexity index is 242. The number of ether oxygens (including phenoxy) is 1. The summed E-state index contributed by atoms with van der Waals surface area (Å²) < 4.78 is 4.91. The summed E-state index contributed by atoms with van der Waals surface area (Å²) in [5.41, 5.74) is 0. The molecule has 4 nitrogen and oxygen atoms in total. The average molecular weight is 211 g/mol. The third-order valence-corrected chi connectivity index (χ3v) is 2.53. The number of hydrogen-bond acceptors (Lipinski definition) is 3. The molecule has 0 spiro atoms. The van der Waals surface area contributed by atoms with Crippen LogP contribution in [-0.4, -0.2) is 37.0 Å². The van der Waals surface area contributed by atoms with Crippen molar-refractivity contribution >= 4 is 12.4 Å². The molecule has 0 unspecified atom stereocenters. The highest BCUT2D eigenvalue weighted by molar-refractivity contribution is 5.67. The van der Waals surface area contributed by atoms with Crippen molar-refractivity contribution in [2.45, 2.75) is 19.8 Å². The van der Waals surface area contributed by atoms with Crippen LogP contribution in [0.1, 0.15) is 19.8 Å². The van der Waals surface area contributed by atoms with Gasteiger partial charge in [-0.2, -0.15) is 0 Å². The van der Waals surface area contributed by atoms with Crippen molar-refractivity contribution in [3.63, 3.8) is 0 Å². The second kappa shape index (κ2) is 6.22. The van der Waals surface area contributed by atoms with Crippen LogP contribution in [-0.2, 0) is 9.53 Å². The average Bonchev–Trinajstić information content (AvgIpc) is 2.27. The van der Waals surface area contributed by atoms with Crippen LogP contribution in [0.25, 0.3) is 0 Å². The molecular weight excluding hydrogens is 194 g/mol. The number of carbonyl (C=O) groups excluding carboxylic acids is 2. The van der Waals surface area contributed by atoms with Crippen LogP contribution in [0.5, 0.6) is 0 Å². The van der Waals surface area contributed by atoms with Gasteiger partial charge in [0, 0.05) is 13.1 Å². The quantitative estimate of drug-likeness (QED) is 0.526. The molecule has 4 heteroatoms. The van der Waals surface area contributed by atoms with E-state index in [0.29, 0.717) is 25.6 Å². The Hall–Kier alpha value is -1.32. The Morgan fingerprint density at radius 1 is 1.47 bits per heavy atom. The maximum absolute atomic E-state index is 11.3. The van der Waals surface area contributed by atoms with E-state index in [1.165, 1.54) is 6.08 Å². The van der Waals surface area contributed by atoms with E-state index in [4.69, 9.17) is 4.74 Å². The molecule has 1 aliphatic heterocycles. The third kappa shape index (κ3) is 3.73. The van der Waals surface area contributed by atoms with Gasteiger partial charge in [-0.25, -0.2) is 4.79 Å². The second-order valence-corrected chi connectivity index (χ2v) is 3.54. The van der Waals surface area contributed by atoms with Gasteiger partial charge in [-0.05, 0) is 31.8 Å². The van der Waals surface area contributed by atoms with Crippen LogP contribution in [0.15, 0.2) is 12.2 Å². The van der Waals surface area contributed by atoms with E-state index < -0.39 is 0 Å². The summed E-state index contributed by atoms with van der Waals surface area (Å²) in [6.45, 7) is 3.65. The Labute approximate surface area is 89.9 Å². The highest BCUT2D eigenvalue weighted by Gasteiger charge is 2.21. The molecule has 1 rings (SSSR count). The van der Waals surface area contributed by atoms with Gasteiger partial charge in [0.15, 0.2) is 0 Å². The van der Waals surface area contributed by atoms with Gasteiger partial charge in [0.05, 0.1) is 6.61 Å². The van der Waals surface area contributed by atoms with Gasteiger partial charge in [0.2, 0.25) is 0 Å². The standard InChI is InChI=1S/C11H17NO3/c1-2-15-11(14)12-7-5-10(6-8-12)4-3-9-13/h3-4,9-10H,2,5-8H2,1H3/b4-3+. The molecule has 1 saturated heterocycles. The normalized spacial score (nSPS) is 18.1. The van der Waals surface area contributed by atoms with Crippen molar-refractivity contribution in [1.82, 2.24) is 4.90 Å². The van der Waals surface area contributed by atoms with Gasteiger partial charge in [0.25, 0.3) is 0 Å². The summed E-state index contributed by atoms with van der Waals surface area (Å²) in [6.07, 6.45) is 5.82. The summed E-state index contributed by atoms with van der Waals surface area (Å²) >= 11 is 0. The zero-order valence-corrected chi connectivity index (χ0v) is 9.02. The van der Waals surface area contributed by atoms with E-state index in [9.17, 15) is 9.59 Å². The van der Waals surface area contributed by atoms with Crippen molar-refractivity contribution < 1.29 is 14.3 Å². The van der Waals surface area contributed by atoms with Crippen LogP contribution >= 0.6 is 0 Å². The number of carbonyl (C=O) groups is 2. The van der Waals surface area contributed by atoms with Crippen molar-refractivity contribution in [2.75, 3.05) is 19.7 Å². The Morgan fingerprint density at radius 2 is 2.13 bits per heavy atom. The Morgan fingerprint density at radius 3 is 2.67 bits per heavy atom. The van der Waals surface area contributed by atoms with E-state index in [1.807, 2.05) is 6.08 Å². The van der Waals surface area contributed by atoms with E-state index in [-0.39, 0.29) is 6.09 Å². The lowest BCUT2D eigenvalue weighted by molar-refractivity contribution is -0.104. The molecule has 0 N–H and O–H groups in total. The fourth-order valence-electron chi connectivity index (χ4n) is 1.69. The largest absolute Gasteiger partial charge is 0.450 e. The molecule has 0 aromatic rings. The smallest absolute Gasteiger partial charge is 0.409 e. The number of piperidine rings is 1. The van der Waals surface area contributed by atoms with E-state index >= 15 is 0 Å². The fraction of sp³-hybridized carbons (Fsp3) is 0.636. The molecule has 0 atom stereocenters. The summed E-state index contributed by atoms with van der Waals surface area (Å²) in [7, 11) is 0. The van der Waals surface area contributed by atoms with Gasteiger partial charge >= 0.3 is 6.09 Å². The summed E-state index contributed by atoms with van der Waals surface area (Å²) in [5.74, 6) is 0.417. The van der Waals surface area contributed by atoms with E-state index in [0.717, 1.165) is 19.1 Å². The SMILES string of the molecule is CCOC(=O)N1CCC(/C=C/C=O)CC1. The van der Waals surface area contributed by atoms with Crippen LogP contribution in [0.4, 0.5) is 4.79 Å². The minimum Gasteiger partial charge on any atom is -0.450 e. The zero-order chi connectivity index (χ0) is 11.1. The topological polar surface area (TPSA) is 46.6 Å². The summed E-state index contributed by atoms with van der Waals surface area (Å²) in [5, 5.41) is 0. The molecular formula is C11H17NO3. The number of nitrogens with zero attached hydrogens (tertiary/aromatic N) is 1. The molecule has 0 bridgehead atoms. The number of hydrogen-bond donors (Lipinski definition) is 0. The molecule has 0 radical (unpaired) electrons. The van der Waals surface area contributed by atoms with Crippen molar-refractivity contribution in [2.24, 2.45) is 5.92 Å². The summed E-state index contributed by atoms with van der Waals surface area (Å²) in [6, 6.07) is 0. The lowest BCUT2D eigenvalue weighted by Crippen LogP contribution is -2.38. The monoisotopic (exact) mass is 211 g/mol. The molecule has 1 fully saturated rings. The highest BCUT2D eigenvalue weighted by atomic mass is 16.6. The van der Waals surface area contributed by atoms with Gasteiger partial charge in [0.1, 0.15) is 6.29 Å². The van der Waals surface area contributed by atoms with Crippen LogP contribution in [0.3, 0.4) is 0 Å². The van der Waals surface area contributed by atoms with Crippen molar-refractivity contribution in [3.05, 3.63) is 12.2 Å². The number of rotatable bonds is 3. The highest BCUT2D eigenvalue weighted by Crippen LogP contribution is 2.18. The first-order valence-electron chi connectivity index (χ1n) is 5.31. The summed E-state index contributed by atoms with van der Waals surface area (Å²) in [4.78, 5) is 23.2. The van der Waals surface area contributed by atoms with Gasteiger partial charge < -0.3 is 9.64 Å². The molecule has 1 amide bonds. The molecule has 0 aromatic heterocycles. The Kier molecular flexibility index (Phi) is 4.87. The van der Waals surface area contributed by atoms with Gasteiger partial charge in [-0.15, -0.1) is 0 Å². The number of amides is 1. The van der Waals surface area contributed by atoms with Gasteiger partial charge in [-0.1, -0.05) is 6.08 Å². The van der Waals surface area contributed by atoms with Crippen molar-refractivity contribution in [3.8, 4) is 0 Å². The maximum Gasteiger partial charge on any atom is 0.409 e. The van der Waals surface area contributed by atoms with Crippen LogP contribution in [0.2, 0.25) is 0 Å². The minimum absolute atomic E-state index is 0.227. The van der Waals surface area contributed by atoms with E-state index in [1.54, 1.807) is 11.8 Å². The molecule has 1 heterocycles. The predicted molar refractivity (Wildman–Crippen MR) is 56.5 cm³/mol. The molecule has 0 aliphatic carbocycles. The zero-order valence-electron chi connectivity index (χ0n) is 9.02. The number of allylic oxidation sites excluding steroid dienone is 2. The predicted octanol–water partition coefficient (Wildman–Crippen LogP) is 1.61. The first-order chi connectivity index (χ1) is 7.27.